The minimum absolute atomic E-state index is 0.0833. The van der Waals surface area contributed by atoms with E-state index < -0.39 is 11.9 Å². The van der Waals surface area contributed by atoms with Gasteiger partial charge in [-0.15, -0.1) is 0 Å². The Labute approximate surface area is 180 Å². The Bertz CT molecular complexity index is 986. The van der Waals surface area contributed by atoms with Gasteiger partial charge < -0.3 is 15.1 Å². The fourth-order valence-electron chi connectivity index (χ4n) is 2.93. The number of hydrogen-bond acceptors (Lipinski definition) is 3. The molecule has 0 saturated carbocycles. The molecule has 0 aliphatic carbocycles. The number of hydrogen-bond donors (Lipinski definition) is 2. The molecule has 0 bridgehead atoms. The van der Waals surface area contributed by atoms with Crippen LogP contribution in [-0.2, 0) is 0 Å². The second-order valence-electron chi connectivity index (χ2n) is 6.53. The molecule has 5 heteroatoms. The molecule has 4 rings (SSSR count). The van der Waals surface area contributed by atoms with Gasteiger partial charge in [0.05, 0.1) is 11.1 Å². The highest BCUT2D eigenvalue weighted by atomic mass is 16.4. The molecule has 0 aromatic heterocycles. The molecule has 0 amide bonds. The first-order valence-corrected chi connectivity index (χ1v) is 9.58. The molecule has 0 saturated heterocycles. The Morgan fingerprint density at radius 1 is 0.452 bits per heavy atom. The summed E-state index contributed by atoms with van der Waals surface area (Å²) < 4.78 is 0. The average molecular weight is 411 g/mol. The number of anilines is 3. The van der Waals surface area contributed by atoms with Crippen molar-refractivity contribution in [3.05, 3.63) is 126 Å². The van der Waals surface area contributed by atoms with Crippen LogP contribution in [0.4, 0.5) is 17.1 Å². The van der Waals surface area contributed by atoms with Crippen molar-refractivity contribution in [2.75, 3.05) is 4.90 Å². The van der Waals surface area contributed by atoms with Gasteiger partial charge in [-0.1, -0.05) is 54.6 Å². The largest absolute Gasteiger partial charge is 0.478 e. The monoisotopic (exact) mass is 411 g/mol. The van der Waals surface area contributed by atoms with Crippen molar-refractivity contribution in [2.24, 2.45) is 0 Å². The third-order valence-electron chi connectivity index (χ3n) is 4.42. The van der Waals surface area contributed by atoms with E-state index >= 15 is 0 Å². The minimum atomic E-state index is -1.06. The summed E-state index contributed by atoms with van der Waals surface area (Å²) in [7, 11) is 0. The third-order valence-corrected chi connectivity index (χ3v) is 4.42. The fraction of sp³-hybridized carbons (Fsp3) is 0. The van der Waals surface area contributed by atoms with Gasteiger partial charge in [0.1, 0.15) is 0 Å². The smallest absolute Gasteiger partial charge is 0.335 e. The lowest BCUT2D eigenvalue weighted by molar-refractivity contribution is 0.0681. The number of aromatic carboxylic acids is 2. The Morgan fingerprint density at radius 2 is 0.710 bits per heavy atom. The standard InChI is InChI=1S/C18H15N.C8H6O4/c1-4-10-16(11-5-1)19(17-12-6-2-7-13-17)18-14-8-3-9-15-18;9-7(10)5-1-2-6(4-3-5)8(11)12/h1-15H;1-4H,(H,9,10)(H,11,12). The highest BCUT2D eigenvalue weighted by molar-refractivity contribution is 5.91. The van der Waals surface area contributed by atoms with Gasteiger partial charge in [-0.25, -0.2) is 9.59 Å². The lowest BCUT2D eigenvalue weighted by Crippen LogP contribution is -2.09. The van der Waals surface area contributed by atoms with Crippen LogP contribution in [0.1, 0.15) is 20.7 Å². The van der Waals surface area contributed by atoms with E-state index in [4.69, 9.17) is 10.2 Å². The Balaban J connectivity index is 0.000000196. The van der Waals surface area contributed by atoms with Gasteiger partial charge in [-0.3, -0.25) is 0 Å². The van der Waals surface area contributed by atoms with Crippen molar-refractivity contribution in [2.45, 2.75) is 0 Å². The molecule has 0 heterocycles. The van der Waals surface area contributed by atoms with Crippen LogP contribution in [0.15, 0.2) is 115 Å². The second kappa shape index (κ2) is 10.4. The molecule has 0 fully saturated rings. The van der Waals surface area contributed by atoms with Crippen LogP contribution < -0.4 is 4.90 Å². The average Bonchev–Trinajstić information content (AvgIpc) is 2.82. The summed E-state index contributed by atoms with van der Waals surface area (Å²) in [6.45, 7) is 0. The molecule has 0 aliphatic rings. The van der Waals surface area contributed by atoms with E-state index in [1.165, 1.54) is 41.3 Å². The molecule has 0 atom stereocenters. The van der Waals surface area contributed by atoms with Crippen LogP contribution in [0.2, 0.25) is 0 Å². The van der Waals surface area contributed by atoms with E-state index in [-0.39, 0.29) is 11.1 Å². The second-order valence-corrected chi connectivity index (χ2v) is 6.53. The van der Waals surface area contributed by atoms with Crippen molar-refractivity contribution in [3.63, 3.8) is 0 Å². The predicted octanol–water partition coefficient (Wildman–Crippen LogP) is 6.24. The maximum absolute atomic E-state index is 10.3. The zero-order valence-electron chi connectivity index (χ0n) is 16.6. The van der Waals surface area contributed by atoms with E-state index in [1.54, 1.807) is 0 Å². The van der Waals surface area contributed by atoms with Crippen LogP contribution in [0.5, 0.6) is 0 Å². The minimum Gasteiger partial charge on any atom is -0.478 e. The highest BCUT2D eigenvalue weighted by Gasteiger charge is 2.10. The molecular formula is C26H21NO4. The Morgan fingerprint density at radius 3 is 0.935 bits per heavy atom. The number of benzene rings is 4. The lowest BCUT2D eigenvalue weighted by atomic mass is 10.1. The van der Waals surface area contributed by atoms with E-state index in [9.17, 15) is 9.59 Å². The molecule has 0 radical (unpaired) electrons. The molecule has 31 heavy (non-hydrogen) atoms. The molecule has 5 nitrogen and oxygen atoms in total. The quantitative estimate of drug-likeness (QED) is 0.406. The highest BCUT2D eigenvalue weighted by Crippen LogP contribution is 2.33. The lowest BCUT2D eigenvalue weighted by Gasteiger charge is -2.25. The zero-order valence-corrected chi connectivity index (χ0v) is 16.6. The van der Waals surface area contributed by atoms with Crippen LogP contribution in [0, 0.1) is 0 Å². The SMILES string of the molecule is O=C(O)c1ccc(C(=O)O)cc1.c1ccc(N(c2ccccc2)c2ccccc2)cc1. The molecule has 154 valence electrons. The summed E-state index contributed by atoms with van der Waals surface area (Å²) in [4.78, 5) is 22.9. The van der Waals surface area contributed by atoms with E-state index in [0.29, 0.717) is 0 Å². The van der Waals surface area contributed by atoms with Crippen LogP contribution in [-0.4, -0.2) is 22.2 Å². The molecule has 2 N–H and O–H groups in total. The summed E-state index contributed by atoms with van der Waals surface area (Å²) >= 11 is 0. The van der Waals surface area contributed by atoms with Crippen molar-refractivity contribution in [1.29, 1.82) is 0 Å². The maximum atomic E-state index is 10.3. The number of carboxylic acid groups (broad SMARTS) is 2. The van der Waals surface area contributed by atoms with Gasteiger partial charge in [0, 0.05) is 17.1 Å². The molecular weight excluding hydrogens is 390 g/mol. The number of carbonyl (C=O) groups is 2. The number of nitrogens with zero attached hydrogens (tertiary/aromatic N) is 1. The fourth-order valence-corrected chi connectivity index (χ4v) is 2.93. The molecule has 4 aromatic rings. The maximum Gasteiger partial charge on any atom is 0.335 e. The number of rotatable bonds is 5. The first-order valence-electron chi connectivity index (χ1n) is 9.58. The van der Waals surface area contributed by atoms with Gasteiger partial charge in [-0.05, 0) is 60.7 Å². The van der Waals surface area contributed by atoms with Crippen molar-refractivity contribution in [1.82, 2.24) is 0 Å². The zero-order chi connectivity index (χ0) is 22.1. The number of para-hydroxylation sites is 3. The summed E-state index contributed by atoms with van der Waals surface area (Å²) in [6, 6.07) is 36.3. The Kier molecular flexibility index (Phi) is 7.16. The van der Waals surface area contributed by atoms with E-state index in [1.807, 2.05) is 18.2 Å². The normalized spacial score (nSPS) is 9.81. The van der Waals surface area contributed by atoms with Crippen LogP contribution in [0.3, 0.4) is 0 Å². The van der Waals surface area contributed by atoms with Gasteiger partial charge in [0.15, 0.2) is 0 Å². The topological polar surface area (TPSA) is 77.8 Å². The molecule has 0 spiro atoms. The van der Waals surface area contributed by atoms with Crippen molar-refractivity contribution < 1.29 is 19.8 Å². The first kappa shape index (κ1) is 21.3. The molecule has 0 unspecified atom stereocenters. The molecule has 4 aromatic carbocycles. The van der Waals surface area contributed by atoms with E-state index in [0.717, 1.165) is 0 Å². The first-order chi connectivity index (χ1) is 15.1. The third kappa shape index (κ3) is 5.81. The number of carboxylic acids is 2. The van der Waals surface area contributed by atoms with Gasteiger partial charge in [0.2, 0.25) is 0 Å². The summed E-state index contributed by atoms with van der Waals surface area (Å²) in [6.07, 6.45) is 0. The Hall–Kier alpha value is -4.38. The van der Waals surface area contributed by atoms with Crippen LogP contribution in [0.25, 0.3) is 0 Å². The summed E-state index contributed by atoms with van der Waals surface area (Å²) in [5.41, 5.74) is 3.67. The van der Waals surface area contributed by atoms with Gasteiger partial charge in [0.25, 0.3) is 0 Å². The van der Waals surface area contributed by atoms with Crippen molar-refractivity contribution in [3.8, 4) is 0 Å². The van der Waals surface area contributed by atoms with Crippen molar-refractivity contribution >= 4 is 29.0 Å². The van der Waals surface area contributed by atoms with E-state index in [2.05, 4.69) is 77.7 Å². The van der Waals surface area contributed by atoms with Gasteiger partial charge >= 0.3 is 11.9 Å². The molecule has 0 aliphatic heterocycles. The predicted molar refractivity (Wildman–Crippen MR) is 121 cm³/mol. The summed E-state index contributed by atoms with van der Waals surface area (Å²) in [5, 5.41) is 16.9. The van der Waals surface area contributed by atoms with Gasteiger partial charge in [-0.2, -0.15) is 0 Å². The summed E-state index contributed by atoms with van der Waals surface area (Å²) in [5.74, 6) is -2.13. The van der Waals surface area contributed by atoms with Crippen LogP contribution >= 0.6 is 0 Å².